The van der Waals surface area contributed by atoms with Gasteiger partial charge in [-0.15, -0.1) is 0 Å². The SMILES string of the molecule is O=C(Nc1ccc(S(=O)(=O)Nc2ccccc2C(F)(F)F)cc1F)c1cccc(Cl)c1. The molecule has 162 valence electrons. The summed E-state index contributed by atoms with van der Waals surface area (Å²) in [4.78, 5) is 11.6. The van der Waals surface area contributed by atoms with E-state index in [-0.39, 0.29) is 11.3 Å². The molecule has 0 unspecified atom stereocenters. The van der Waals surface area contributed by atoms with Crippen LogP contribution in [0.4, 0.5) is 28.9 Å². The largest absolute Gasteiger partial charge is 0.418 e. The number of hydrogen-bond donors (Lipinski definition) is 2. The first kappa shape index (κ1) is 22.6. The molecule has 0 bridgehead atoms. The maximum Gasteiger partial charge on any atom is 0.418 e. The highest BCUT2D eigenvalue weighted by Crippen LogP contribution is 2.35. The number of sulfonamides is 1. The number of rotatable bonds is 5. The Morgan fingerprint density at radius 2 is 1.61 bits per heavy atom. The van der Waals surface area contributed by atoms with Crippen molar-refractivity contribution in [1.82, 2.24) is 0 Å². The Balaban J connectivity index is 1.85. The van der Waals surface area contributed by atoms with Crippen LogP contribution in [0.25, 0.3) is 0 Å². The molecule has 3 aromatic rings. The highest BCUT2D eigenvalue weighted by Gasteiger charge is 2.34. The van der Waals surface area contributed by atoms with Gasteiger partial charge in [0.15, 0.2) is 0 Å². The molecule has 3 aromatic carbocycles. The van der Waals surface area contributed by atoms with E-state index >= 15 is 0 Å². The van der Waals surface area contributed by atoms with Crippen molar-refractivity contribution < 1.29 is 30.8 Å². The number of para-hydroxylation sites is 1. The molecule has 0 fully saturated rings. The Hall–Kier alpha value is -3.11. The van der Waals surface area contributed by atoms with Gasteiger partial charge in [0.2, 0.25) is 0 Å². The molecule has 0 radical (unpaired) electrons. The molecule has 0 heterocycles. The fourth-order valence-corrected chi connectivity index (χ4v) is 3.89. The van der Waals surface area contributed by atoms with E-state index in [9.17, 15) is 30.8 Å². The van der Waals surface area contributed by atoms with Crippen LogP contribution in [0.3, 0.4) is 0 Å². The van der Waals surface area contributed by atoms with Crippen LogP contribution in [0.15, 0.2) is 71.6 Å². The molecule has 2 N–H and O–H groups in total. The summed E-state index contributed by atoms with van der Waals surface area (Å²) in [7, 11) is -4.54. The van der Waals surface area contributed by atoms with Crippen LogP contribution in [-0.4, -0.2) is 14.3 Å². The summed E-state index contributed by atoms with van der Waals surface area (Å²) in [5.74, 6) is -1.78. The van der Waals surface area contributed by atoms with Crippen molar-refractivity contribution in [3.8, 4) is 0 Å². The van der Waals surface area contributed by atoms with Crippen molar-refractivity contribution >= 4 is 38.9 Å². The lowest BCUT2D eigenvalue weighted by Crippen LogP contribution is -2.18. The molecule has 0 aliphatic carbocycles. The predicted molar refractivity (Wildman–Crippen MR) is 108 cm³/mol. The molecule has 3 rings (SSSR count). The molecule has 5 nitrogen and oxygen atoms in total. The third kappa shape index (κ3) is 5.33. The summed E-state index contributed by atoms with van der Waals surface area (Å²) in [6.45, 7) is 0. The number of benzene rings is 3. The summed E-state index contributed by atoms with van der Waals surface area (Å²) >= 11 is 5.80. The van der Waals surface area contributed by atoms with E-state index in [4.69, 9.17) is 11.6 Å². The number of carbonyl (C=O) groups excluding carboxylic acids is 1. The van der Waals surface area contributed by atoms with Gasteiger partial charge in [0, 0.05) is 10.6 Å². The third-order valence-electron chi connectivity index (χ3n) is 4.06. The lowest BCUT2D eigenvalue weighted by atomic mass is 10.2. The molecule has 11 heteroatoms. The number of halogens is 5. The highest BCUT2D eigenvalue weighted by atomic mass is 35.5. The van der Waals surface area contributed by atoms with Crippen LogP contribution in [0, 0.1) is 5.82 Å². The van der Waals surface area contributed by atoms with Gasteiger partial charge in [-0.3, -0.25) is 9.52 Å². The first-order valence-corrected chi connectivity index (χ1v) is 10.4. The Bertz CT molecular complexity index is 1250. The van der Waals surface area contributed by atoms with Crippen molar-refractivity contribution in [3.63, 3.8) is 0 Å². The molecule has 0 aliphatic heterocycles. The molecule has 0 atom stereocenters. The molecule has 0 saturated heterocycles. The predicted octanol–water partition coefficient (Wildman–Crippen LogP) is 5.55. The summed E-state index contributed by atoms with van der Waals surface area (Å²) in [6, 6.07) is 12.4. The zero-order chi connectivity index (χ0) is 22.8. The Labute approximate surface area is 179 Å². The first-order chi connectivity index (χ1) is 14.5. The minimum Gasteiger partial charge on any atom is -0.319 e. The molecule has 1 amide bonds. The zero-order valence-electron chi connectivity index (χ0n) is 15.4. The van der Waals surface area contributed by atoms with Gasteiger partial charge in [0.1, 0.15) is 5.82 Å². The van der Waals surface area contributed by atoms with Crippen molar-refractivity contribution in [2.24, 2.45) is 0 Å². The topological polar surface area (TPSA) is 75.3 Å². The second-order valence-corrected chi connectivity index (χ2v) is 8.37. The van der Waals surface area contributed by atoms with E-state index in [1.807, 2.05) is 4.72 Å². The number of alkyl halides is 3. The molecule has 0 aliphatic rings. The monoisotopic (exact) mass is 472 g/mol. The smallest absolute Gasteiger partial charge is 0.319 e. The van der Waals surface area contributed by atoms with Gasteiger partial charge in [-0.2, -0.15) is 13.2 Å². The van der Waals surface area contributed by atoms with Crippen LogP contribution in [-0.2, 0) is 16.2 Å². The van der Waals surface area contributed by atoms with Crippen LogP contribution < -0.4 is 10.0 Å². The maximum absolute atomic E-state index is 14.4. The third-order valence-corrected chi connectivity index (χ3v) is 5.66. The van der Waals surface area contributed by atoms with Gasteiger partial charge in [-0.05, 0) is 48.5 Å². The van der Waals surface area contributed by atoms with Crippen LogP contribution in [0.5, 0.6) is 0 Å². The van der Waals surface area contributed by atoms with Gasteiger partial charge in [-0.25, -0.2) is 12.8 Å². The summed E-state index contributed by atoms with van der Waals surface area (Å²) in [5, 5.41) is 2.57. The van der Waals surface area contributed by atoms with Gasteiger partial charge in [0.25, 0.3) is 15.9 Å². The second-order valence-electron chi connectivity index (χ2n) is 6.25. The molecular weight excluding hydrogens is 460 g/mol. The van der Waals surface area contributed by atoms with Gasteiger partial charge >= 0.3 is 6.18 Å². The van der Waals surface area contributed by atoms with E-state index < -0.39 is 44.1 Å². The molecule has 0 spiro atoms. The summed E-state index contributed by atoms with van der Waals surface area (Å²) < 4.78 is 80.5. The minimum atomic E-state index is -4.79. The van der Waals surface area contributed by atoms with Crippen LogP contribution in [0.2, 0.25) is 5.02 Å². The zero-order valence-corrected chi connectivity index (χ0v) is 16.9. The van der Waals surface area contributed by atoms with E-state index in [0.717, 1.165) is 24.3 Å². The normalized spacial score (nSPS) is 11.8. The maximum atomic E-state index is 14.4. The van der Waals surface area contributed by atoms with E-state index in [2.05, 4.69) is 5.32 Å². The van der Waals surface area contributed by atoms with E-state index in [1.165, 1.54) is 24.3 Å². The minimum absolute atomic E-state index is 0.147. The van der Waals surface area contributed by atoms with Gasteiger partial charge in [-0.1, -0.05) is 29.8 Å². The second kappa shape index (κ2) is 8.56. The average Bonchev–Trinajstić information content (AvgIpc) is 2.68. The highest BCUT2D eigenvalue weighted by molar-refractivity contribution is 7.92. The quantitative estimate of drug-likeness (QED) is 0.478. The lowest BCUT2D eigenvalue weighted by Gasteiger charge is -2.15. The number of anilines is 2. The van der Waals surface area contributed by atoms with Gasteiger partial charge < -0.3 is 5.32 Å². The van der Waals surface area contributed by atoms with Crippen molar-refractivity contribution in [1.29, 1.82) is 0 Å². The van der Waals surface area contributed by atoms with Gasteiger partial charge in [0.05, 0.1) is 21.8 Å². The fourth-order valence-electron chi connectivity index (χ4n) is 2.61. The Morgan fingerprint density at radius 1 is 0.903 bits per heavy atom. The Morgan fingerprint density at radius 3 is 2.26 bits per heavy atom. The van der Waals surface area contributed by atoms with E-state index in [1.54, 1.807) is 6.07 Å². The van der Waals surface area contributed by atoms with E-state index in [0.29, 0.717) is 17.2 Å². The number of hydrogen-bond acceptors (Lipinski definition) is 3. The van der Waals surface area contributed by atoms with Crippen molar-refractivity contribution in [2.45, 2.75) is 11.1 Å². The summed E-state index contributed by atoms with van der Waals surface area (Å²) in [6.07, 6.45) is -4.79. The van der Waals surface area contributed by atoms with Crippen LogP contribution in [0.1, 0.15) is 15.9 Å². The number of amides is 1. The molecule has 31 heavy (non-hydrogen) atoms. The lowest BCUT2D eigenvalue weighted by molar-refractivity contribution is -0.136. The first-order valence-electron chi connectivity index (χ1n) is 8.53. The van der Waals surface area contributed by atoms with Crippen molar-refractivity contribution in [2.75, 3.05) is 10.0 Å². The fraction of sp³-hybridized carbons (Fsp3) is 0.0500. The van der Waals surface area contributed by atoms with Crippen LogP contribution >= 0.6 is 11.6 Å². The molecule has 0 aromatic heterocycles. The number of nitrogens with one attached hydrogen (secondary N) is 2. The number of carbonyl (C=O) groups is 1. The molecule has 0 saturated carbocycles. The Kier molecular flexibility index (Phi) is 6.23. The standard InChI is InChI=1S/C20H13ClF4N2O3S/c21-13-5-3-4-12(10-13)19(28)26-18-9-8-14(11-16(18)22)31(29,30)27-17-7-2-1-6-15(17)20(23,24)25/h1-11,27H,(H,26,28). The average molecular weight is 473 g/mol. The van der Waals surface area contributed by atoms with Crippen molar-refractivity contribution in [3.05, 3.63) is 88.7 Å². The molecular formula is C20H13ClF4N2O3S. The summed E-state index contributed by atoms with van der Waals surface area (Å²) in [5.41, 5.74) is -2.06.